The van der Waals surface area contributed by atoms with Crippen LogP contribution < -0.4 is 20.5 Å². The number of nitrogens with two attached hydrogens (primary N) is 1. The summed E-state index contributed by atoms with van der Waals surface area (Å²) in [6.07, 6.45) is 0. The van der Waals surface area contributed by atoms with E-state index in [-0.39, 0.29) is 0 Å². The third-order valence-electron chi connectivity index (χ3n) is 2.00. The first-order valence-corrected chi connectivity index (χ1v) is 5.63. The molecule has 0 aromatic heterocycles. The van der Waals surface area contributed by atoms with Gasteiger partial charge in [0.1, 0.15) is 18.1 Å². The van der Waals surface area contributed by atoms with Crippen LogP contribution in [0.4, 0.5) is 0 Å². The van der Waals surface area contributed by atoms with Crippen molar-refractivity contribution in [2.45, 2.75) is 6.92 Å². The number of rotatable bonds is 8. The minimum Gasteiger partial charge on any atom is -0.494 e. The SMILES string of the molecule is CCOc1ccc(OCCNCCN)cc1. The van der Waals surface area contributed by atoms with E-state index >= 15 is 0 Å². The molecule has 4 nitrogen and oxygen atoms in total. The van der Waals surface area contributed by atoms with Gasteiger partial charge in [-0.25, -0.2) is 0 Å². The molecule has 1 aromatic carbocycles. The summed E-state index contributed by atoms with van der Waals surface area (Å²) in [6, 6.07) is 7.64. The van der Waals surface area contributed by atoms with Crippen molar-refractivity contribution in [1.29, 1.82) is 0 Å². The van der Waals surface area contributed by atoms with Crippen molar-refractivity contribution in [3.8, 4) is 11.5 Å². The fraction of sp³-hybridized carbons (Fsp3) is 0.500. The highest BCUT2D eigenvalue weighted by Crippen LogP contribution is 2.17. The molecule has 0 bridgehead atoms. The summed E-state index contributed by atoms with van der Waals surface area (Å²) in [6.45, 7) is 5.59. The van der Waals surface area contributed by atoms with Gasteiger partial charge in [0.2, 0.25) is 0 Å². The monoisotopic (exact) mass is 224 g/mol. The number of ether oxygens (including phenoxy) is 2. The molecule has 0 heterocycles. The maximum atomic E-state index is 5.53. The average molecular weight is 224 g/mol. The molecule has 0 aliphatic carbocycles. The molecule has 0 unspecified atom stereocenters. The third-order valence-corrected chi connectivity index (χ3v) is 2.00. The Bertz CT molecular complexity index is 275. The van der Waals surface area contributed by atoms with Crippen LogP contribution in [0, 0.1) is 0 Å². The van der Waals surface area contributed by atoms with Crippen LogP contribution in [0.25, 0.3) is 0 Å². The van der Waals surface area contributed by atoms with Crippen LogP contribution in [-0.2, 0) is 0 Å². The Hall–Kier alpha value is -1.26. The molecule has 4 heteroatoms. The molecule has 90 valence electrons. The van der Waals surface area contributed by atoms with Crippen molar-refractivity contribution in [2.24, 2.45) is 5.73 Å². The first-order chi connectivity index (χ1) is 7.86. The van der Waals surface area contributed by atoms with Gasteiger partial charge >= 0.3 is 0 Å². The van der Waals surface area contributed by atoms with Gasteiger partial charge in [-0.15, -0.1) is 0 Å². The van der Waals surface area contributed by atoms with Crippen LogP contribution in [0.2, 0.25) is 0 Å². The number of benzene rings is 1. The first kappa shape index (κ1) is 12.8. The van der Waals surface area contributed by atoms with Crippen LogP contribution in [0.1, 0.15) is 6.92 Å². The van der Waals surface area contributed by atoms with Crippen molar-refractivity contribution in [2.75, 3.05) is 32.8 Å². The molecule has 0 atom stereocenters. The fourth-order valence-corrected chi connectivity index (χ4v) is 1.27. The van der Waals surface area contributed by atoms with E-state index in [0.29, 0.717) is 19.8 Å². The summed E-state index contributed by atoms with van der Waals surface area (Å²) in [5, 5.41) is 3.16. The molecule has 0 spiro atoms. The summed E-state index contributed by atoms with van der Waals surface area (Å²) in [7, 11) is 0. The van der Waals surface area contributed by atoms with Gasteiger partial charge in [-0.2, -0.15) is 0 Å². The van der Waals surface area contributed by atoms with E-state index in [1.165, 1.54) is 0 Å². The van der Waals surface area contributed by atoms with Gasteiger partial charge in [-0.1, -0.05) is 0 Å². The molecule has 0 saturated heterocycles. The van der Waals surface area contributed by atoms with E-state index < -0.39 is 0 Å². The van der Waals surface area contributed by atoms with Crippen LogP contribution >= 0.6 is 0 Å². The van der Waals surface area contributed by atoms with Crippen molar-refractivity contribution >= 4 is 0 Å². The van der Waals surface area contributed by atoms with E-state index in [0.717, 1.165) is 24.6 Å². The summed E-state index contributed by atoms with van der Waals surface area (Å²) >= 11 is 0. The van der Waals surface area contributed by atoms with E-state index in [4.69, 9.17) is 15.2 Å². The van der Waals surface area contributed by atoms with Gasteiger partial charge in [0.15, 0.2) is 0 Å². The number of nitrogens with one attached hydrogen (secondary N) is 1. The predicted molar refractivity (Wildman–Crippen MR) is 65.0 cm³/mol. The fourth-order valence-electron chi connectivity index (χ4n) is 1.27. The molecule has 0 amide bonds. The highest BCUT2D eigenvalue weighted by Gasteiger charge is 1.95. The lowest BCUT2D eigenvalue weighted by molar-refractivity contribution is 0.312. The van der Waals surface area contributed by atoms with Gasteiger partial charge < -0.3 is 20.5 Å². The number of hydrogen-bond donors (Lipinski definition) is 2. The molecule has 0 aliphatic rings. The second-order valence-corrected chi connectivity index (χ2v) is 3.29. The van der Waals surface area contributed by atoms with Gasteiger partial charge in [0.05, 0.1) is 6.61 Å². The Kier molecular flexibility index (Phi) is 6.37. The Morgan fingerprint density at radius 3 is 2.25 bits per heavy atom. The van der Waals surface area contributed by atoms with Crippen LogP contribution in [0.5, 0.6) is 11.5 Å². The Labute approximate surface area is 96.7 Å². The molecule has 0 radical (unpaired) electrons. The average Bonchev–Trinajstić information content (AvgIpc) is 2.31. The molecule has 0 aliphatic heterocycles. The highest BCUT2D eigenvalue weighted by molar-refractivity contribution is 5.31. The molecule has 0 fully saturated rings. The standard InChI is InChI=1S/C12H20N2O2/c1-2-15-11-3-5-12(6-4-11)16-10-9-14-8-7-13/h3-6,14H,2,7-10,13H2,1H3. The number of hydrogen-bond acceptors (Lipinski definition) is 4. The normalized spacial score (nSPS) is 10.1. The molecule has 3 N–H and O–H groups in total. The van der Waals surface area contributed by atoms with E-state index in [2.05, 4.69) is 5.32 Å². The van der Waals surface area contributed by atoms with E-state index in [1.54, 1.807) is 0 Å². The second kappa shape index (κ2) is 7.96. The topological polar surface area (TPSA) is 56.5 Å². The summed E-state index contributed by atoms with van der Waals surface area (Å²) in [5.74, 6) is 1.73. The van der Waals surface area contributed by atoms with Gasteiger partial charge in [0.25, 0.3) is 0 Å². The summed E-state index contributed by atoms with van der Waals surface area (Å²) < 4.78 is 10.9. The lowest BCUT2D eigenvalue weighted by atomic mass is 10.3. The molecular weight excluding hydrogens is 204 g/mol. The zero-order valence-electron chi connectivity index (χ0n) is 9.74. The van der Waals surface area contributed by atoms with Crippen molar-refractivity contribution < 1.29 is 9.47 Å². The molecule has 16 heavy (non-hydrogen) atoms. The minimum absolute atomic E-state index is 0.647. The third kappa shape index (κ3) is 5.00. The summed E-state index contributed by atoms with van der Waals surface area (Å²) in [5.41, 5.74) is 5.35. The lowest BCUT2D eigenvalue weighted by Gasteiger charge is -2.08. The smallest absolute Gasteiger partial charge is 0.119 e. The predicted octanol–water partition coefficient (Wildman–Crippen LogP) is 1.01. The maximum absolute atomic E-state index is 5.53. The minimum atomic E-state index is 0.647. The molecular formula is C12H20N2O2. The van der Waals surface area contributed by atoms with Crippen molar-refractivity contribution in [1.82, 2.24) is 5.32 Å². The molecule has 1 rings (SSSR count). The highest BCUT2D eigenvalue weighted by atomic mass is 16.5. The first-order valence-electron chi connectivity index (χ1n) is 5.63. The molecule has 0 saturated carbocycles. The van der Waals surface area contributed by atoms with Gasteiger partial charge in [-0.3, -0.25) is 0 Å². The van der Waals surface area contributed by atoms with Gasteiger partial charge in [0, 0.05) is 19.6 Å². The van der Waals surface area contributed by atoms with E-state index in [1.807, 2.05) is 31.2 Å². The zero-order chi connectivity index (χ0) is 11.6. The largest absolute Gasteiger partial charge is 0.494 e. The quantitative estimate of drug-likeness (QED) is 0.647. The van der Waals surface area contributed by atoms with E-state index in [9.17, 15) is 0 Å². The van der Waals surface area contributed by atoms with Crippen LogP contribution in [0.15, 0.2) is 24.3 Å². The Balaban J connectivity index is 2.21. The lowest BCUT2D eigenvalue weighted by Crippen LogP contribution is -2.26. The van der Waals surface area contributed by atoms with Crippen LogP contribution in [0.3, 0.4) is 0 Å². The Morgan fingerprint density at radius 2 is 1.69 bits per heavy atom. The van der Waals surface area contributed by atoms with Crippen molar-refractivity contribution in [3.63, 3.8) is 0 Å². The van der Waals surface area contributed by atoms with Crippen molar-refractivity contribution in [3.05, 3.63) is 24.3 Å². The zero-order valence-corrected chi connectivity index (χ0v) is 9.74. The maximum Gasteiger partial charge on any atom is 0.119 e. The van der Waals surface area contributed by atoms with Gasteiger partial charge in [-0.05, 0) is 31.2 Å². The van der Waals surface area contributed by atoms with Crippen LogP contribution in [-0.4, -0.2) is 32.8 Å². The molecule has 1 aromatic rings. The second-order valence-electron chi connectivity index (χ2n) is 3.29. The Morgan fingerprint density at radius 1 is 1.06 bits per heavy atom. The summed E-state index contributed by atoms with van der Waals surface area (Å²) in [4.78, 5) is 0.